The Morgan fingerprint density at radius 3 is 2.95 bits per heavy atom. The first-order chi connectivity index (χ1) is 8.90. The van der Waals surface area contributed by atoms with Gasteiger partial charge in [0.15, 0.2) is 0 Å². The molecule has 0 amide bonds. The van der Waals surface area contributed by atoms with E-state index in [1.807, 2.05) is 0 Å². The fraction of sp³-hybridized carbons (Fsp3) is 0.733. The van der Waals surface area contributed by atoms with Gasteiger partial charge in [-0.05, 0) is 38.6 Å². The van der Waals surface area contributed by atoms with Gasteiger partial charge in [-0.25, -0.2) is 0 Å². The topological polar surface area (TPSA) is 46.1 Å². The van der Waals surface area contributed by atoms with E-state index >= 15 is 0 Å². The van der Waals surface area contributed by atoms with E-state index in [2.05, 4.69) is 43.6 Å². The van der Waals surface area contributed by atoms with Gasteiger partial charge in [0.1, 0.15) is 6.04 Å². The Morgan fingerprint density at radius 1 is 1.53 bits per heavy atom. The lowest BCUT2D eigenvalue weighted by atomic mass is 9.82. The Hall–Kier alpha value is -0.420. The van der Waals surface area contributed by atoms with E-state index in [1.54, 1.807) is 11.3 Å². The molecular formula is C15H26NO2S+. The lowest BCUT2D eigenvalue weighted by Crippen LogP contribution is -2.85. The number of nitrogens with two attached hydrogens (primary N) is 1. The molecule has 0 unspecified atom stereocenters. The van der Waals surface area contributed by atoms with Gasteiger partial charge in [-0.3, -0.25) is 0 Å². The lowest BCUT2D eigenvalue weighted by molar-refractivity contribution is -0.693. The third-order valence-corrected chi connectivity index (χ3v) is 5.01. The van der Waals surface area contributed by atoms with Gasteiger partial charge in [0.25, 0.3) is 0 Å². The molecule has 3 N–H and O–H groups in total. The normalized spacial score (nSPS) is 28.2. The quantitative estimate of drug-likeness (QED) is 0.869. The first kappa shape index (κ1) is 15.0. The van der Waals surface area contributed by atoms with Crippen molar-refractivity contribution in [2.75, 3.05) is 13.2 Å². The summed E-state index contributed by atoms with van der Waals surface area (Å²) in [5, 5.41) is 15.1. The number of aliphatic hydroxyl groups is 1. The number of rotatable bonds is 5. The molecule has 4 heteroatoms. The van der Waals surface area contributed by atoms with Crippen molar-refractivity contribution in [3.63, 3.8) is 0 Å². The van der Waals surface area contributed by atoms with E-state index in [9.17, 15) is 5.11 Å². The molecule has 1 fully saturated rings. The second-order valence-corrected chi connectivity index (χ2v) is 7.32. The van der Waals surface area contributed by atoms with Crippen LogP contribution in [0.3, 0.4) is 0 Å². The molecule has 0 aromatic carbocycles. The molecule has 0 spiro atoms. The molecule has 2 rings (SSSR count). The first-order valence-electron chi connectivity index (χ1n) is 7.13. The van der Waals surface area contributed by atoms with Crippen molar-refractivity contribution in [2.45, 2.75) is 57.3 Å². The van der Waals surface area contributed by atoms with Crippen LogP contribution in [0, 0.1) is 0 Å². The van der Waals surface area contributed by atoms with E-state index in [4.69, 9.17) is 4.74 Å². The Kier molecular flexibility index (Phi) is 4.66. The molecule has 1 aliphatic rings. The van der Waals surface area contributed by atoms with Crippen LogP contribution < -0.4 is 5.32 Å². The summed E-state index contributed by atoms with van der Waals surface area (Å²) < 4.78 is 5.68. The van der Waals surface area contributed by atoms with Crippen molar-refractivity contribution < 1.29 is 15.2 Å². The zero-order chi connectivity index (χ0) is 13.9. The molecule has 0 radical (unpaired) electrons. The van der Waals surface area contributed by atoms with Gasteiger partial charge in [-0.15, -0.1) is 11.3 Å². The first-order valence-corrected chi connectivity index (χ1v) is 8.01. The molecule has 0 saturated carbocycles. The van der Waals surface area contributed by atoms with Crippen molar-refractivity contribution in [1.29, 1.82) is 0 Å². The van der Waals surface area contributed by atoms with Crippen LogP contribution in [0.4, 0.5) is 0 Å². The number of hydrogen-bond acceptors (Lipinski definition) is 3. The Morgan fingerprint density at radius 2 is 2.32 bits per heavy atom. The molecule has 2 heterocycles. The Labute approximate surface area is 120 Å². The van der Waals surface area contributed by atoms with Crippen LogP contribution in [0.5, 0.6) is 0 Å². The fourth-order valence-corrected chi connectivity index (χ4v) is 3.71. The average Bonchev–Trinajstić information content (AvgIpc) is 2.80. The molecule has 0 bridgehead atoms. The standard InChI is InChI=1S/C15H25NO2S/c1-12(13-5-4-10-19-13)16-8-6-15(17)7-9-18-14(2,3)11-15/h4-5,10,12,16-17H,6-9,11H2,1-3H3/p+1/t12-,15+/m0/s1. The molecule has 1 aliphatic heterocycles. The van der Waals surface area contributed by atoms with Crippen LogP contribution >= 0.6 is 11.3 Å². The van der Waals surface area contributed by atoms with E-state index < -0.39 is 5.60 Å². The predicted molar refractivity (Wildman–Crippen MR) is 78.4 cm³/mol. The summed E-state index contributed by atoms with van der Waals surface area (Å²) >= 11 is 1.80. The van der Waals surface area contributed by atoms with Crippen molar-refractivity contribution in [3.8, 4) is 0 Å². The van der Waals surface area contributed by atoms with Crippen LogP contribution in [0.2, 0.25) is 0 Å². The number of hydrogen-bond donors (Lipinski definition) is 2. The summed E-state index contributed by atoms with van der Waals surface area (Å²) in [5.74, 6) is 0. The molecule has 2 atom stereocenters. The monoisotopic (exact) mass is 284 g/mol. The largest absolute Gasteiger partial charge is 0.389 e. The third kappa shape index (κ3) is 4.28. The van der Waals surface area contributed by atoms with Crippen LogP contribution in [0.1, 0.15) is 51.0 Å². The summed E-state index contributed by atoms with van der Waals surface area (Å²) in [7, 11) is 0. The minimum absolute atomic E-state index is 0.188. The van der Waals surface area contributed by atoms with E-state index in [-0.39, 0.29) is 5.60 Å². The van der Waals surface area contributed by atoms with Crippen LogP contribution in [-0.4, -0.2) is 29.5 Å². The molecule has 3 nitrogen and oxygen atoms in total. The second kappa shape index (κ2) is 5.92. The molecular weight excluding hydrogens is 258 g/mol. The zero-order valence-electron chi connectivity index (χ0n) is 12.2. The van der Waals surface area contributed by atoms with Crippen LogP contribution in [-0.2, 0) is 4.74 Å². The molecule has 19 heavy (non-hydrogen) atoms. The molecule has 108 valence electrons. The smallest absolute Gasteiger partial charge is 0.118 e. The van der Waals surface area contributed by atoms with E-state index in [0.717, 1.165) is 25.8 Å². The van der Waals surface area contributed by atoms with Gasteiger partial charge >= 0.3 is 0 Å². The summed E-state index contributed by atoms with van der Waals surface area (Å²) in [6, 6.07) is 4.76. The third-order valence-electron chi connectivity index (χ3n) is 3.94. The lowest BCUT2D eigenvalue weighted by Gasteiger charge is -2.41. The number of quaternary nitrogens is 1. The molecule has 1 aromatic heterocycles. The SMILES string of the molecule is C[C@H]([NH2+]CC[C@@]1(O)CCOC(C)(C)C1)c1cccs1. The minimum Gasteiger partial charge on any atom is -0.389 e. The Bertz CT molecular complexity index is 391. The van der Waals surface area contributed by atoms with Gasteiger partial charge in [-0.2, -0.15) is 0 Å². The minimum atomic E-state index is -0.548. The van der Waals surface area contributed by atoms with Crippen LogP contribution in [0.25, 0.3) is 0 Å². The van der Waals surface area contributed by atoms with Gasteiger partial charge in [0.05, 0.1) is 29.2 Å². The fourth-order valence-electron chi connectivity index (χ4n) is 2.93. The van der Waals surface area contributed by atoms with Gasteiger partial charge in [0.2, 0.25) is 0 Å². The molecule has 1 saturated heterocycles. The highest BCUT2D eigenvalue weighted by Gasteiger charge is 2.39. The maximum absolute atomic E-state index is 10.7. The van der Waals surface area contributed by atoms with Gasteiger partial charge in [-0.1, -0.05) is 6.07 Å². The Balaban J connectivity index is 1.78. The zero-order valence-corrected chi connectivity index (χ0v) is 13.0. The highest BCUT2D eigenvalue weighted by molar-refractivity contribution is 7.10. The van der Waals surface area contributed by atoms with Crippen LogP contribution in [0.15, 0.2) is 17.5 Å². The van der Waals surface area contributed by atoms with E-state index in [0.29, 0.717) is 12.6 Å². The maximum Gasteiger partial charge on any atom is 0.118 e. The maximum atomic E-state index is 10.7. The average molecular weight is 284 g/mol. The highest BCUT2D eigenvalue weighted by Crippen LogP contribution is 2.33. The van der Waals surface area contributed by atoms with Crippen molar-refractivity contribution in [1.82, 2.24) is 0 Å². The van der Waals surface area contributed by atoms with Crippen molar-refractivity contribution >= 4 is 11.3 Å². The van der Waals surface area contributed by atoms with Crippen molar-refractivity contribution in [2.24, 2.45) is 0 Å². The molecule has 0 aliphatic carbocycles. The summed E-state index contributed by atoms with van der Waals surface area (Å²) in [4.78, 5) is 1.40. The second-order valence-electron chi connectivity index (χ2n) is 6.34. The van der Waals surface area contributed by atoms with Gasteiger partial charge in [0, 0.05) is 12.8 Å². The number of thiophene rings is 1. The highest BCUT2D eigenvalue weighted by atomic mass is 32.1. The summed E-state index contributed by atoms with van der Waals surface area (Å²) in [6.45, 7) is 7.99. The van der Waals surface area contributed by atoms with Gasteiger partial charge < -0.3 is 15.2 Å². The summed E-state index contributed by atoms with van der Waals surface area (Å²) in [6.07, 6.45) is 2.34. The van der Waals surface area contributed by atoms with E-state index in [1.165, 1.54) is 4.88 Å². The summed E-state index contributed by atoms with van der Waals surface area (Å²) in [5.41, 5.74) is -0.736. The molecule has 1 aromatic rings. The predicted octanol–water partition coefficient (Wildman–Crippen LogP) is 2.08. The van der Waals surface area contributed by atoms with Crippen molar-refractivity contribution in [3.05, 3.63) is 22.4 Å². The number of ether oxygens (including phenoxy) is 1.